The smallest absolute Gasteiger partial charge is 0.337 e. The molecule has 0 saturated heterocycles. The molecule has 0 aliphatic heterocycles. The van der Waals surface area contributed by atoms with Gasteiger partial charge in [0.1, 0.15) is 0 Å². The topological polar surface area (TPSA) is 90.3 Å². The lowest BCUT2D eigenvalue weighted by atomic mass is 10.1. The zero-order valence-corrected chi connectivity index (χ0v) is 18.6. The molecule has 1 N–H and O–H groups in total. The maximum atomic E-state index is 12.9. The van der Waals surface area contributed by atoms with E-state index in [0.717, 1.165) is 12.0 Å². The third kappa shape index (κ3) is 5.32. The molecule has 2 aromatic carbocycles. The summed E-state index contributed by atoms with van der Waals surface area (Å²) in [6.45, 7) is 4.66. The number of para-hydroxylation sites is 1. The SMILES string of the molecule is CCCn1c(SC(C)C(=O)NCc2ccc(C(=O)OC)cc2)nc2ccccc2c1=O. The fraction of sp³-hybridized carbons (Fsp3) is 0.304. The predicted octanol–water partition coefficient (Wildman–Crippen LogP) is 3.39. The second-order valence-electron chi connectivity index (χ2n) is 7.03. The van der Waals surface area contributed by atoms with E-state index in [9.17, 15) is 14.4 Å². The van der Waals surface area contributed by atoms with Crippen LogP contribution in [0.25, 0.3) is 10.9 Å². The molecule has 0 bridgehead atoms. The highest BCUT2D eigenvalue weighted by molar-refractivity contribution is 8.00. The average Bonchev–Trinajstić information content (AvgIpc) is 2.79. The second kappa shape index (κ2) is 10.3. The molecule has 8 heteroatoms. The lowest BCUT2D eigenvalue weighted by Gasteiger charge is -2.16. The van der Waals surface area contributed by atoms with Crippen molar-refractivity contribution in [3.63, 3.8) is 0 Å². The molecule has 3 rings (SSSR count). The third-order valence-electron chi connectivity index (χ3n) is 4.77. The number of benzene rings is 2. The van der Waals surface area contributed by atoms with E-state index in [4.69, 9.17) is 0 Å². The van der Waals surface area contributed by atoms with E-state index in [1.54, 1.807) is 47.9 Å². The van der Waals surface area contributed by atoms with Crippen molar-refractivity contribution in [3.05, 3.63) is 70.0 Å². The Morgan fingerprint density at radius 1 is 1.16 bits per heavy atom. The quantitative estimate of drug-likeness (QED) is 0.329. The van der Waals surface area contributed by atoms with E-state index in [1.165, 1.54) is 18.9 Å². The van der Waals surface area contributed by atoms with Crippen LogP contribution in [-0.2, 0) is 22.6 Å². The number of nitrogens with one attached hydrogen (secondary N) is 1. The number of thioether (sulfide) groups is 1. The third-order valence-corrected chi connectivity index (χ3v) is 5.86. The van der Waals surface area contributed by atoms with Crippen molar-refractivity contribution in [2.75, 3.05) is 7.11 Å². The van der Waals surface area contributed by atoms with E-state index < -0.39 is 11.2 Å². The van der Waals surface area contributed by atoms with Gasteiger partial charge < -0.3 is 10.1 Å². The summed E-state index contributed by atoms with van der Waals surface area (Å²) >= 11 is 1.27. The number of carbonyl (C=O) groups excluding carboxylic acids is 2. The van der Waals surface area contributed by atoms with Crippen LogP contribution in [0.1, 0.15) is 36.2 Å². The highest BCUT2D eigenvalue weighted by Crippen LogP contribution is 2.23. The molecular formula is C23H25N3O4S. The van der Waals surface area contributed by atoms with Gasteiger partial charge in [0.2, 0.25) is 5.91 Å². The number of ether oxygens (including phenoxy) is 1. The molecule has 0 fully saturated rings. The minimum Gasteiger partial charge on any atom is -0.465 e. The lowest BCUT2D eigenvalue weighted by Crippen LogP contribution is -2.31. The van der Waals surface area contributed by atoms with Crippen molar-refractivity contribution in [2.45, 2.75) is 43.8 Å². The van der Waals surface area contributed by atoms with Gasteiger partial charge in [0.25, 0.3) is 5.56 Å². The highest BCUT2D eigenvalue weighted by atomic mass is 32.2. The number of nitrogens with zero attached hydrogens (tertiary/aromatic N) is 2. The maximum absolute atomic E-state index is 12.9. The number of hydrogen-bond donors (Lipinski definition) is 1. The van der Waals surface area contributed by atoms with Crippen LogP contribution >= 0.6 is 11.8 Å². The molecule has 0 radical (unpaired) electrons. The summed E-state index contributed by atoms with van der Waals surface area (Å²) < 4.78 is 6.32. The van der Waals surface area contributed by atoms with Crippen LogP contribution in [-0.4, -0.2) is 33.8 Å². The zero-order valence-electron chi connectivity index (χ0n) is 17.8. The van der Waals surface area contributed by atoms with Crippen molar-refractivity contribution < 1.29 is 14.3 Å². The standard InChI is InChI=1S/C23H25N3O4S/c1-4-13-26-21(28)18-7-5-6-8-19(18)25-23(26)31-15(2)20(27)24-14-16-9-11-17(12-10-16)22(29)30-3/h5-12,15H,4,13-14H2,1-3H3,(H,24,27). The maximum Gasteiger partial charge on any atom is 0.337 e. The second-order valence-corrected chi connectivity index (χ2v) is 8.34. The van der Waals surface area contributed by atoms with Crippen molar-refractivity contribution in [1.82, 2.24) is 14.9 Å². The molecule has 1 heterocycles. The summed E-state index contributed by atoms with van der Waals surface area (Å²) in [6.07, 6.45) is 0.787. The molecule has 7 nitrogen and oxygen atoms in total. The van der Waals surface area contributed by atoms with Crippen molar-refractivity contribution >= 4 is 34.5 Å². The normalized spacial score (nSPS) is 11.8. The summed E-state index contributed by atoms with van der Waals surface area (Å²) in [5.74, 6) is -0.561. The largest absolute Gasteiger partial charge is 0.465 e. The summed E-state index contributed by atoms with van der Waals surface area (Å²) in [5, 5.41) is 3.57. The number of fused-ring (bicyclic) bond motifs is 1. The first-order valence-electron chi connectivity index (χ1n) is 10.1. The number of aromatic nitrogens is 2. The van der Waals surface area contributed by atoms with Gasteiger partial charge in [-0.2, -0.15) is 0 Å². The van der Waals surface area contributed by atoms with Gasteiger partial charge in [0.05, 0.1) is 28.8 Å². The molecule has 1 atom stereocenters. The number of rotatable bonds is 8. The van der Waals surface area contributed by atoms with Gasteiger partial charge in [-0.25, -0.2) is 9.78 Å². The van der Waals surface area contributed by atoms with E-state index in [1.807, 2.05) is 19.1 Å². The molecule has 162 valence electrons. The molecule has 3 aromatic rings. The van der Waals surface area contributed by atoms with Gasteiger partial charge in [-0.05, 0) is 43.2 Å². The Labute approximate surface area is 184 Å². The molecule has 0 spiro atoms. The van der Waals surface area contributed by atoms with Gasteiger partial charge in [-0.3, -0.25) is 14.2 Å². The fourth-order valence-corrected chi connectivity index (χ4v) is 4.04. The van der Waals surface area contributed by atoms with E-state index in [-0.39, 0.29) is 11.5 Å². The van der Waals surface area contributed by atoms with Gasteiger partial charge >= 0.3 is 5.97 Å². The summed E-state index contributed by atoms with van der Waals surface area (Å²) in [7, 11) is 1.33. The van der Waals surface area contributed by atoms with Crippen LogP contribution < -0.4 is 10.9 Å². The van der Waals surface area contributed by atoms with Crippen LogP contribution in [0, 0.1) is 0 Å². The van der Waals surface area contributed by atoms with Crippen LogP contribution in [0.4, 0.5) is 0 Å². The lowest BCUT2D eigenvalue weighted by molar-refractivity contribution is -0.120. The first-order chi connectivity index (χ1) is 14.9. The van der Waals surface area contributed by atoms with Crippen LogP contribution in [0.5, 0.6) is 0 Å². The van der Waals surface area contributed by atoms with Crippen LogP contribution in [0.2, 0.25) is 0 Å². The Balaban J connectivity index is 1.70. The Kier molecular flexibility index (Phi) is 7.46. The molecule has 1 unspecified atom stereocenters. The van der Waals surface area contributed by atoms with Crippen LogP contribution in [0.15, 0.2) is 58.5 Å². The minimum absolute atomic E-state index is 0.0896. The summed E-state index contributed by atoms with van der Waals surface area (Å²) in [6, 6.07) is 14.1. The minimum atomic E-state index is -0.439. The van der Waals surface area contributed by atoms with Crippen molar-refractivity contribution in [3.8, 4) is 0 Å². The summed E-state index contributed by atoms with van der Waals surface area (Å²) in [4.78, 5) is 41.7. The molecule has 1 amide bonds. The predicted molar refractivity (Wildman–Crippen MR) is 121 cm³/mol. The molecular weight excluding hydrogens is 414 g/mol. The highest BCUT2D eigenvalue weighted by Gasteiger charge is 2.19. The Morgan fingerprint density at radius 2 is 1.87 bits per heavy atom. The van der Waals surface area contributed by atoms with Gasteiger partial charge in [-0.15, -0.1) is 0 Å². The molecule has 0 aliphatic rings. The molecule has 1 aromatic heterocycles. The van der Waals surface area contributed by atoms with Crippen molar-refractivity contribution in [2.24, 2.45) is 0 Å². The Bertz CT molecular complexity index is 1140. The number of methoxy groups -OCH3 is 1. The Hall–Kier alpha value is -3.13. The van der Waals surface area contributed by atoms with E-state index in [2.05, 4.69) is 15.0 Å². The van der Waals surface area contributed by atoms with E-state index in [0.29, 0.717) is 34.7 Å². The number of amides is 1. The monoisotopic (exact) mass is 439 g/mol. The molecule has 0 saturated carbocycles. The summed E-state index contributed by atoms with van der Waals surface area (Å²) in [5.41, 5.74) is 1.86. The van der Waals surface area contributed by atoms with Gasteiger partial charge in [0.15, 0.2) is 5.16 Å². The first-order valence-corrected chi connectivity index (χ1v) is 10.9. The zero-order chi connectivity index (χ0) is 22.4. The average molecular weight is 440 g/mol. The number of hydrogen-bond acceptors (Lipinski definition) is 6. The van der Waals surface area contributed by atoms with Crippen molar-refractivity contribution in [1.29, 1.82) is 0 Å². The Morgan fingerprint density at radius 3 is 2.55 bits per heavy atom. The molecule has 31 heavy (non-hydrogen) atoms. The first kappa shape index (κ1) is 22.6. The van der Waals surface area contributed by atoms with Gasteiger partial charge in [0, 0.05) is 13.1 Å². The number of esters is 1. The molecule has 0 aliphatic carbocycles. The van der Waals surface area contributed by atoms with Crippen LogP contribution in [0.3, 0.4) is 0 Å². The fourth-order valence-electron chi connectivity index (χ4n) is 3.08. The van der Waals surface area contributed by atoms with Gasteiger partial charge in [-0.1, -0.05) is 43.0 Å². The van der Waals surface area contributed by atoms with E-state index >= 15 is 0 Å². The number of carbonyl (C=O) groups is 2.